The van der Waals surface area contributed by atoms with Crippen molar-refractivity contribution >= 4 is 5.65 Å². The van der Waals surface area contributed by atoms with E-state index in [2.05, 4.69) is 14.9 Å². The first-order valence-corrected chi connectivity index (χ1v) is 7.75. The molecule has 0 saturated carbocycles. The number of halogens is 2. The highest BCUT2D eigenvalue weighted by atomic mass is 19.2. The number of hydrogen-bond donors (Lipinski definition) is 1. The van der Waals surface area contributed by atoms with E-state index in [-0.39, 0.29) is 6.04 Å². The van der Waals surface area contributed by atoms with Crippen LogP contribution in [0.3, 0.4) is 0 Å². The molecule has 0 spiro atoms. The summed E-state index contributed by atoms with van der Waals surface area (Å²) in [7, 11) is 0. The lowest BCUT2D eigenvalue weighted by Gasteiger charge is -2.24. The van der Waals surface area contributed by atoms with Crippen LogP contribution in [0.25, 0.3) is 5.65 Å². The molecule has 24 heavy (non-hydrogen) atoms. The summed E-state index contributed by atoms with van der Waals surface area (Å²) in [5.41, 5.74) is 2.37. The molecule has 0 radical (unpaired) electrons. The molecular weight excluding hydrogens is 314 g/mol. The predicted molar refractivity (Wildman–Crippen MR) is 83.1 cm³/mol. The van der Waals surface area contributed by atoms with Crippen molar-refractivity contribution in [3.63, 3.8) is 0 Å². The van der Waals surface area contributed by atoms with Gasteiger partial charge < -0.3 is 5.11 Å². The number of fused-ring (bicyclic) bond motifs is 1. The third-order valence-electron chi connectivity index (χ3n) is 4.47. The van der Waals surface area contributed by atoms with Crippen molar-refractivity contribution in [3.8, 4) is 0 Å². The summed E-state index contributed by atoms with van der Waals surface area (Å²) in [5.74, 6) is -1.73. The minimum atomic E-state index is -0.866. The Bertz CT molecular complexity index is 882. The zero-order valence-electron chi connectivity index (χ0n) is 12.8. The average molecular weight is 330 g/mol. The van der Waals surface area contributed by atoms with Crippen molar-refractivity contribution in [2.24, 2.45) is 0 Å². The Kier molecular flexibility index (Phi) is 3.74. The van der Waals surface area contributed by atoms with Crippen LogP contribution in [0.15, 0.2) is 43.0 Å². The van der Waals surface area contributed by atoms with E-state index < -0.39 is 17.7 Å². The maximum Gasteiger partial charge on any atom is 0.159 e. The van der Waals surface area contributed by atoms with Crippen LogP contribution >= 0.6 is 0 Å². The van der Waals surface area contributed by atoms with Gasteiger partial charge in [-0.05, 0) is 24.1 Å². The fourth-order valence-electron chi connectivity index (χ4n) is 3.34. The Morgan fingerprint density at radius 1 is 1.21 bits per heavy atom. The smallest absolute Gasteiger partial charge is 0.159 e. The van der Waals surface area contributed by atoms with Crippen LogP contribution in [0.2, 0.25) is 0 Å². The van der Waals surface area contributed by atoms with Crippen LogP contribution in [-0.4, -0.2) is 37.0 Å². The van der Waals surface area contributed by atoms with E-state index in [1.165, 1.54) is 6.07 Å². The highest BCUT2D eigenvalue weighted by Crippen LogP contribution is 2.34. The molecule has 1 fully saturated rings. The molecule has 4 rings (SSSR count). The number of nitrogens with zero attached hydrogens (tertiary/aromatic N) is 4. The number of aliphatic hydroxyl groups is 1. The first-order chi connectivity index (χ1) is 11.6. The number of benzene rings is 1. The van der Waals surface area contributed by atoms with Gasteiger partial charge in [0.1, 0.15) is 0 Å². The van der Waals surface area contributed by atoms with Gasteiger partial charge in [0.15, 0.2) is 17.3 Å². The molecule has 124 valence electrons. The fraction of sp³-hybridized carbons (Fsp3) is 0.294. The molecule has 1 saturated heterocycles. The molecule has 3 heterocycles. The van der Waals surface area contributed by atoms with Crippen LogP contribution in [-0.2, 0) is 6.54 Å². The summed E-state index contributed by atoms with van der Waals surface area (Å²) >= 11 is 0. The van der Waals surface area contributed by atoms with Crippen molar-refractivity contribution in [1.29, 1.82) is 0 Å². The Morgan fingerprint density at radius 3 is 2.92 bits per heavy atom. The number of rotatable bonds is 3. The third kappa shape index (κ3) is 2.65. The minimum absolute atomic E-state index is 0.164. The number of β-amino-alcohol motifs (C(OH)–C–C–N with tert-alkyl or cyclic N) is 1. The summed E-state index contributed by atoms with van der Waals surface area (Å²) in [5, 5.41) is 10.1. The van der Waals surface area contributed by atoms with Crippen molar-refractivity contribution < 1.29 is 13.9 Å². The van der Waals surface area contributed by atoms with Gasteiger partial charge in [0.2, 0.25) is 0 Å². The van der Waals surface area contributed by atoms with Gasteiger partial charge in [0, 0.05) is 31.5 Å². The molecule has 3 aromatic rings. The maximum absolute atomic E-state index is 13.6. The zero-order valence-corrected chi connectivity index (χ0v) is 12.8. The standard InChI is InChI=1S/C17H16F2N4O/c18-14-2-1-11(5-15(14)19)16-6-13(24)10-22(16)9-12-7-21-17-8-20-3-4-23(12)17/h1-5,7-8,13,16,24H,6,9-10H2/t13-,16-/m0/s1. The normalized spacial score (nSPS) is 21.6. The van der Waals surface area contributed by atoms with Gasteiger partial charge >= 0.3 is 0 Å². The van der Waals surface area contributed by atoms with Gasteiger partial charge in [-0.3, -0.25) is 14.3 Å². The largest absolute Gasteiger partial charge is 0.392 e. The highest BCUT2D eigenvalue weighted by Gasteiger charge is 2.33. The molecule has 0 unspecified atom stereocenters. The van der Waals surface area contributed by atoms with E-state index in [0.717, 1.165) is 17.4 Å². The lowest BCUT2D eigenvalue weighted by molar-refractivity contribution is 0.172. The number of aromatic nitrogens is 3. The molecule has 0 bridgehead atoms. The van der Waals surface area contributed by atoms with E-state index in [1.54, 1.807) is 24.7 Å². The van der Waals surface area contributed by atoms with Crippen LogP contribution in [0.4, 0.5) is 8.78 Å². The molecule has 1 aliphatic heterocycles. The number of aliphatic hydroxyl groups excluding tert-OH is 1. The Morgan fingerprint density at radius 2 is 2.08 bits per heavy atom. The number of likely N-dealkylation sites (tertiary alicyclic amines) is 1. The predicted octanol–water partition coefficient (Wildman–Crippen LogP) is 2.32. The van der Waals surface area contributed by atoms with Crippen LogP contribution in [0.1, 0.15) is 23.7 Å². The van der Waals surface area contributed by atoms with E-state index in [1.807, 2.05) is 10.6 Å². The minimum Gasteiger partial charge on any atom is -0.392 e. The molecule has 5 nitrogen and oxygen atoms in total. The first-order valence-electron chi connectivity index (χ1n) is 7.75. The monoisotopic (exact) mass is 330 g/mol. The Balaban J connectivity index is 1.64. The Labute approximate surface area is 137 Å². The summed E-state index contributed by atoms with van der Waals surface area (Å²) < 4.78 is 28.7. The van der Waals surface area contributed by atoms with Crippen LogP contribution in [0.5, 0.6) is 0 Å². The van der Waals surface area contributed by atoms with Gasteiger partial charge in [-0.25, -0.2) is 13.8 Å². The fourth-order valence-corrected chi connectivity index (χ4v) is 3.34. The molecule has 1 N–H and O–H groups in total. The second kappa shape index (κ2) is 5.92. The second-order valence-corrected chi connectivity index (χ2v) is 6.06. The van der Waals surface area contributed by atoms with Crippen LogP contribution < -0.4 is 0 Å². The Hall–Kier alpha value is -2.38. The van der Waals surface area contributed by atoms with Crippen molar-refractivity contribution in [2.75, 3.05) is 6.54 Å². The van der Waals surface area contributed by atoms with Crippen molar-refractivity contribution in [3.05, 3.63) is 65.9 Å². The van der Waals surface area contributed by atoms with E-state index in [0.29, 0.717) is 25.1 Å². The lowest BCUT2D eigenvalue weighted by atomic mass is 10.0. The van der Waals surface area contributed by atoms with Gasteiger partial charge in [0.05, 0.1) is 24.2 Å². The summed E-state index contributed by atoms with van der Waals surface area (Å²) in [4.78, 5) is 10.4. The van der Waals surface area contributed by atoms with Crippen molar-refractivity contribution in [1.82, 2.24) is 19.3 Å². The molecule has 7 heteroatoms. The van der Waals surface area contributed by atoms with Crippen LogP contribution in [0, 0.1) is 11.6 Å². The van der Waals surface area contributed by atoms with E-state index >= 15 is 0 Å². The molecular formula is C17H16F2N4O. The van der Waals surface area contributed by atoms with Crippen molar-refractivity contribution in [2.45, 2.75) is 25.1 Å². The highest BCUT2D eigenvalue weighted by molar-refractivity contribution is 5.37. The summed E-state index contributed by atoms with van der Waals surface area (Å²) in [6, 6.07) is 3.76. The van der Waals surface area contributed by atoms with Gasteiger partial charge in [0.25, 0.3) is 0 Å². The number of hydrogen-bond acceptors (Lipinski definition) is 4. The van der Waals surface area contributed by atoms with Gasteiger partial charge in [-0.1, -0.05) is 6.07 Å². The van der Waals surface area contributed by atoms with E-state index in [9.17, 15) is 13.9 Å². The topological polar surface area (TPSA) is 53.7 Å². The lowest BCUT2D eigenvalue weighted by Crippen LogP contribution is -2.25. The number of imidazole rings is 1. The summed E-state index contributed by atoms with van der Waals surface area (Å²) in [6.45, 7) is 1.02. The molecule has 0 amide bonds. The quantitative estimate of drug-likeness (QED) is 0.801. The molecule has 2 aromatic heterocycles. The molecule has 1 aliphatic rings. The SMILES string of the molecule is O[C@H]1C[C@@H](c2ccc(F)c(F)c2)N(Cc2cnc3cnccn23)C1. The zero-order chi connectivity index (χ0) is 16.7. The summed E-state index contributed by atoms with van der Waals surface area (Å²) in [6.07, 6.45) is 6.95. The van der Waals surface area contributed by atoms with Gasteiger partial charge in [-0.15, -0.1) is 0 Å². The second-order valence-electron chi connectivity index (χ2n) is 6.06. The molecule has 2 atom stereocenters. The van der Waals surface area contributed by atoms with Gasteiger partial charge in [-0.2, -0.15) is 0 Å². The third-order valence-corrected chi connectivity index (χ3v) is 4.47. The molecule has 0 aliphatic carbocycles. The molecule has 1 aromatic carbocycles. The average Bonchev–Trinajstić information content (AvgIpc) is 3.14. The first kappa shape index (κ1) is 15.2. The van der Waals surface area contributed by atoms with E-state index in [4.69, 9.17) is 0 Å². The maximum atomic E-state index is 13.6.